The van der Waals surface area contributed by atoms with E-state index >= 15 is 0 Å². The third-order valence-corrected chi connectivity index (χ3v) is 3.00. The quantitative estimate of drug-likeness (QED) is 0.623. The molecule has 2 rings (SSSR count). The second kappa shape index (κ2) is 6.20. The average molecular weight is 338 g/mol. The van der Waals surface area contributed by atoms with Gasteiger partial charge >= 0.3 is 5.69 Å². The Bertz CT molecular complexity index is 978. The molecule has 0 fully saturated rings. The van der Waals surface area contributed by atoms with Crippen molar-refractivity contribution in [3.05, 3.63) is 76.8 Å². The van der Waals surface area contributed by atoms with E-state index in [9.17, 15) is 39.0 Å². The fourth-order valence-electron chi connectivity index (χ4n) is 1.90. The van der Waals surface area contributed by atoms with Crippen molar-refractivity contribution >= 4 is 17.3 Å². The summed E-state index contributed by atoms with van der Waals surface area (Å²) >= 11 is 0. The number of halogens is 1. The molecule has 0 unspecified atom stereocenters. The minimum Gasteiger partial charge on any atom is -0.311 e. The Balaban J connectivity index is 2.49. The first kappa shape index (κ1) is 16.7. The van der Waals surface area contributed by atoms with Crippen molar-refractivity contribution in [2.45, 2.75) is 6.42 Å². The monoisotopic (exact) mass is 338 g/mol. The van der Waals surface area contributed by atoms with E-state index in [1.165, 1.54) is 0 Å². The number of aromatic nitrogens is 2. The number of rotatable bonds is 4. The molecule has 0 radical (unpaired) electrons. The van der Waals surface area contributed by atoms with Crippen molar-refractivity contribution in [2.75, 3.05) is 0 Å². The fraction of sp³-hybridized carbons (Fsp3) is 0.0833. The number of carbonyl (C=O) groups is 1. The lowest BCUT2D eigenvalue weighted by Crippen LogP contribution is -2.41. The van der Waals surface area contributed by atoms with Gasteiger partial charge in [-0.1, -0.05) is 0 Å². The van der Waals surface area contributed by atoms with Gasteiger partial charge in [-0.15, -0.1) is 0 Å². The van der Waals surface area contributed by atoms with Gasteiger partial charge in [-0.3, -0.25) is 29.8 Å². The largest absolute Gasteiger partial charge is 0.335 e. The zero-order chi connectivity index (χ0) is 18.0. The Morgan fingerprint density at radius 2 is 1.88 bits per heavy atom. The van der Waals surface area contributed by atoms with Gasteiger partial charge in [-0.05, 0) is 6.07 Å². The number of benzene rings is 1. The average Bonchev–Trinajstić information content (AvgIpc) is 2.51. The zero-order valence-corrected chi connectivity index (χ0v) is 11.6. The van der Waals surface area contributed by atoms with Gasteiger partial charge in [0.25, 0.3) is 16.9 Å². The molecule has 0 aliphatic carbocycles. The van der Waals surface area contributed by atoms with Gasteiger partial charge in [0.2, 0.25) is 11.7 Å². The van der Waals surface area contributed by atoms with Crippen molar-refractivity contribution in [3.63, 3.8) is 0 Å². The minimum atomic E-state index is -1.51. The summed E-state index contributed by atoms with van der Waals surface area (Å²) < 4.78 is 13.1. The second-order valence-electron chi connectivity index (χ2n) is 4.48. The Morgan fingerprint density at radius 3 is 2.46 bits per heavy atom. The van der Waals surface area contributed by atoms with Crippen molar-refractivity contribution in [2.24, 2.45) is 0 Å². The van der Waals surface area contributed by atoms with Crippen LogP contribution in [0, 0.1) is 26.0 Å². The summed E-state index contributed by atoms with van der Waals surface area (Å²) in [5, 5.41) is 21.6. The number of hydrogen-bond acceptors (Lipinski definition) is 7. The predicted octanol–water partition coefficient (Wildman–Crippen LogP) is 0.375. The zero-order valence-electron chi connectivity index (χ0n) is 11.6. The van der Waals surface area contributed by atoms with E-state index in [2.05, 4.69) is 0 Å². The van der Waals surface area contributed by atoms with Crippen LogP contribution in [0.15, 0.2) is 34.0 Å². The maximum absolute atomic E-state index is 13.2. The number of H-pyrrole nitrogens is 1. The molecule has 1 N–H and O–H groups in total. The molecule has 1 aromatic carbocycles. The van der Waals surface area contributed by atoms with Crippen molar-refractivity contribution < 1.29 is 19.0 Å². The number of nitrogens with one attached hydrogen (secondary N) is 1. The number of aromatic amines is 1. The second-order valence-corrected chi connectivity index (χ2v) is 4.48. The lowest BCUT2D eigenvalue weighted by Gasteiger charge is -2.04. The molecule has 1 heterocycles. The number of nitro benzene ring substituents is 2. The first-order valence-corrected chi connectivity index (χ1v) is 6.17. The van der Waals surface area contributed by atoms with Crippen molar-refractivity contribution in [1.82, 2.24) is 9.55 Å². The normalized spacial score (nSPS) is 10.4. The highest BCUT2D eigenvalue weighted by Gasteiger charge is 2.23. The summed E-state index contributed by atoms with van der Waals surface area (Å²) in [6.45, 7) is 0. The third-order valence-electron chi connectivity index (χ3n) is 3.00. The summed E-state index contributed by atoms with van der Waals surface area (Å²) in [5.74, 6) is -2.61. The lowest BCUT2D eigenvalue weighted by atomic mass is 10.1. The molecule has 2 aromatic rings. The third kappa shape index (κ3) is 3.06. The highest BCUT2D eigenvalue weighted by atomic mass is 19.1. The first-order valence-electron chi connectivity index (χ1n) is 6.17. The topological polar surface area (TPSA) is 158 Å². The van der Waals surface area contributed by atoms with Crippen LogP contribution < -0.4 is 11.2 Å². The highest BCUT2D eigenvalue weighted by molar-refractivity contribution is 5.82. The summed E-state index contributed by atoms with van der Waals surface area (Å²) in [4.78, 5) is 56.6. The van der Waals surface area contributed by atoms with Gasteiger partial charge in [0, 0.05) is 17.8 Å². The summed E-state index contributed by atoms with van der Waals surface area (Å²) in [6, 6.07) is 2.52. The maximum Gasteiger partial charge on any atom is 0.335 e. The molecule has 0 aliphatic rings. The molecule has 11 nitrogen and oxygen atoms in total. The van der Waals surface area contributed by atoms with Crippen LogP contribution in [0.3, 0.4) is 0 Å². The molecule has 0 bridgehead atoms. The van der Waals surface area contributed by atoms with Crippen LogP contribution in [0.4, 0.5) is 15.8 Å². The van der Waals surface area contributed by atoms with E-state index in [4.69, 9.17) is 0 Å². The first-order chi connectivity index (χ1) is 11.2. The summed E-state index contributed by atoms with van der Waals surface area (Å²) in [7, 11) is 0. The van der Waals surface area contributed by atoms with Crippen molar-refractivity contribution in [3.8, 4) is 0 Å². The smallest absolute Gasteiger partial charge is 0.311 e. The van der Waals surface area contributed by atoms with E-state index in [1.54, 1.807) is 0 Å². The Morgan fingerprint density at radius 1 is 1.21 bits per heavy atom. The van der Waals surface area contributed by atoms with Gasteiger partial charge in [0.1, 0.15) is 0 Å². The Hall–Kier alpha value is -3.70. The van der Waals surface area contributed by atoms with Crippen LogP contribution in [0.2, 0.25) is 0 Å². The highest BCUT2D eigenvalue weighted by Crippen LogP contribution is 2.25. The van der Waals surface area contributed by atoms with Gasteiger partial charge in [0.15, 0.2) is 0 Å². The van der Waals surface area contributed by atoms with Crippen LogP contribution in [0.25, 0.3) is 0 Å². The lowest BCUT2D eigenvalue weighted by molar-refractivity contribution is -0.394. The summed E-state index contributed by atoms with van der Waals surface area (Å²) in [6.07, 6.45) is -0.330. The van der Waals surface area contributed by atoms with E-state index in [-0.39, 0.29) is 10.1 Å². The molecule has 0 aliphatic heterocycles. The van der Waals surface area contributed by atoms with Gasteiger partial charge in [0.05, 0.1) is 22.3 Å². The SMILES string of the molecule is O=C(Cc1ccc([N+](=O)[O-])cc1[N+](=O)[O-])n1c(=O)[nH]cc(F)c1=O. The van der Waals surface area contributed by atoms with Gasteiger partial charge in [-0.2, -0.15) is 8.96 Å². The van der Waals surface area contributed by atoms with Crippen LogP contribution in [0.5, 0.6) is 0 Å². The molecule has 0 atom stereocenters. The van der Waals surface area contributed by atoms with Crippen molar-refractivity contribution in [1.29, 1.82) is 0 Å². The van der Waals surface area contributed by atoms with Crippen LogP contribution in [0.1, 0.15) is 10.4 Å². The molecule has 1 aromatic heterocycles. The van der Waals surface area contributed by atoms with E-state index in [1.807, 2.05) is 4.98 Å². The van der Waals surface area contributed by atoms with E-state index in [0.717, 1.165) is 12.1 Å². The number of carbonyl (C=O) groups excluding carboxylic acids is 1. The fourth-order valence-corrected chi connectivity index (χ4v) is 1.90. The molecule has 12 heteroatoms. The molecule has 0 saturated heterocycles. The molecule has 0 spiro atoms. The Kier molecular flexibility index (Phi) is 4.30. The molecule has 0 amide bonds. The molecule has 24 heavy (non-hydrogen) atoms. The minimum absolute atomic E-state index is 0.0412. The van der Waals surface area contributed by atoms with E-state index < -0.39 is 50.6 Å². The number of nitro groups is 2. The maximum atomic E-state index is 13.2. The van der Waals surface area contributed by atoms with E-state index in [0.29, 0.717) is 12.3 Å². The van der Waals surface area contributed by atoms with Crippen LogP contribution in [-0.2, 0) is 6.42 Å². The Labute approximate surface area is 130 Å². The number of hydrogen-bond donors (Lipinski definition) is 1. The molecular weight excluding hydrogens is 331 g/mol. The molecule has 124 valence electrons. The summed E-state index contributed by atoms with van der Waals surface area (Å²) in [5.41, 5.74) is -4.30. The number of non-ortho nitro benzene ring substituents is 1. The predicted molar refractivity (Wildman–Crippen MR) is 75.4 cm³/mol. The van der Waals surface area contributed by atoms with Gasteiger partial charge < -0.3 is 4.98 Å². The molecule has 0 saturated carbocycles. The standard InChI is InChI=1S/C12H7FN4O7/c13-8-5-14-12(20)15(11(8)19)10(18)3-6-1-2-7(16(21)22)4-9(6)17(23)24/h1-2,4-5H,3H2,(H,14,20). The molecular formula is C12H7FN4O7. The number of nitrogens with zero attached hydrogens (tertiary/aromatic N) is 3. The van der Waals surface area contributed by atoms with Crippen LogP contribution >= 0.6 is 0 Å². The van der Waals surface area contributed by atoms with Crippen LogP contribution in [-0.4, -0.2) is 25.3 Å². The van der Waals surface area contributed by atoms with Gasteiger partial charge in [-0.25, -0.2) is 4.79 Å².